The summed E-state index contributed by atoms with van der Waals surface area (Å²) >= 11 is 0. The fourth-order valence-corrected chi connectivity index (χ4v) is 2.63. The van der Waals surface area contributed by atoms with Crippen LogP contribution >= 0.6 is 0 Å². The fourth-order valence-electron chi connectivity index (χ4n) is 2.63. The molecule has 0 atom stereocenters. The lowest BCUT2D eigenvalue weighted by Gasteiger charge is -2.03. The Morgan fingerprint density at radius 1 is 0.800 bits per heavy atom. The molecule has 1 rings (SSSR count). The van der Waals surface area contributed by atoms with Crippen molar-refractivity contribution in [3.05, 3.63) is 30.1 Å². The number of halogens is 1. The van der Waals surface area contributed by atoms with Gasteiger partial charge < -0.3 is 4.70 Å². The average molecular weight is 281 g/mol. The molecule has 116 valence electrons. The van der Waals surface area contributed by atoms with Gasteiger partial charge in [0.05, 0.1) is 0 Å². The molecule has 1 aromatic rings. The lowest BCUT2D eigenvalue weighted by Crippen LogP contribution is -3.00. The van der Waals surface area contributed by atoms with Crippen molar-refractivity contribution < 1.29 is 9.27 Å². The highest BCUT2D eigenvalue weighted by molar-refractivity contribution is 4.97. The van der Waals surface area contributed by atoms with Gasteiger partial charge in [0.15, 0.2) is 11.9 Å². The molecule has 1 heterocycles. The molecule has 2 heteroatoms. The fraction of sp³-hybridized carbons (Fsp3) is 0.722. The van der Waals surface area contributed by atoms with E-state index in [0.717, 1.165) is 0 Å². The topological polar surface area (TPSA) is 3.88 Å². The van der Waals surface area contributed by atoms with Gasteiger partial charge in [0.2, 0.25) is 0 Å². The highest BCUT2D eigenvalue weighted by Crippen LogP contribution is 2.08. The third kappa shape index (κ3) is 8.29. The monoisotopic (exact) mass is 281 g/mol. The van der Waals surface area contributed by atoms with E-state index >= 15 is 0 Å². The van der Waals surface area contributed by atoms with Crippen molar-refractivity contribution in [1.29, 1.82) is 0 Å². The van der Waals surface area contributed by atoms with Crippen molar-refractivity contribution in [2.45, 2.75) is 84.6 Å². The predicted octanol–water partition coefficient (Wildman–Crippen LogP) is 2.07. The second-order valence-electron chi connectivity index (χ2n) is 5.61. The first-order chi connectivity index (χ1) is 9.38. The first-order valence-corrected chi connectivity index (χ1v) is 8.35. The summed E-state index contributed by atoms with van der Waals surface area (Å²) in [5.41, 5.74) is 1.49. The molecule has 0 aliphatic rings. The van der Waals surface area contributed by atoms with Crippen molar-refractivity contribution in [3.8, 4) is 0 Å². The van der Waals surface area contributed by atoms with E-state index in [-0.39, 0.29) is 4.70 Å². The Hall–Kier alpha value is -0.920. The quantitative estimate of drug-likeness (QED) is 0.432. The molecule has 0 aliphatic heterocycles. The van der Waals surface area contributed by atoms with E-state index in [1.54, 1.807) is 0 Å². The van der Waals surface area contributed by atoms with Crippen LogP contribution in [0.2, 0.25) is 0 Å². The summed E-state index contributed by atoms with van der Waals surface area (Å²) in [6.45, 7) is 5.74. The Morgan fingerprint density at radius 2 is 1.45 bits per heavy atom. The Labute approximate surface area is 124 Å². The van der Waals surface area contributed by atoms with E-state index in [1.807, 2.05) is 0 Å². The molecule has 0 N–H and O–H groups in total. The minimum atomic E-state index is 0. The van der Waals surface area contributed by atoms with Crippen LogP contribution in [-0.2, 0) is 13.0 Å². The minimum absolute atomic E-state index is 0. The van der Waals surface area contributed by atoms with Crippen LogP contribution in [0, 0.1) is 0 Å². The van der Waals surface area contributed by atoms with E-state index in [9.17, 15) is 0 Å². The summed E-state index contributed by atoms with van der Waals surface area (Å²) in [4.78, 5) is 0. The molecule has 0 aliphatic carbocycles. The molecule has 0 aromatic carbocycles. The molecule has 20 heavy (non-hydrogen) atoms. The summed E-state index contributed by atoms with van der Waals surface area (Å²) in [6, 6.07) is 6.59. The summed E-state index contributed by atoms with van der Waals surface area (Å²) in [5.74, 6) is 0. The second-order valence-corrected chi connectivity index (χ2v) is 5.61. The maximum atomic E-state index is 2.45. The van der Waals surface area contributed by atoms with E-state index in [2.05, 4.69) is 42.8 Å². The molecule has 1 aromatic heterocycles. The van der Waals surface area contributed by atoms with E-state index in [1.165, 1.54) is 76.4 Å². The largest absolute Gasteiger partial charge is 1.00 e. The van der Waals surface area contributed by atoms with Crippen molar-refractivity contribution in [1.82, 2.24) is 0 Å². The number of pyridine rings is 1. The molecule has 0 spiro atoms. The number of aryl methyl sites for hydroxylation is 2. The predicted molar refractivity (Wildman–Crippen MR) is 83.2 cm³/mol. The molecule has 0 saturated carbocycles. The van der Waals surface area contributed by atoms with Crippen molar-refractivity contribution >= 4 is 0 Å². The molecule has 0 fully saturated rings. The number of hydrogen-bond donors (Lipinski definition) is 0. The van der Waals surface area contributed by atoms with Crippen LogP contribution in [0.5, 0.6) is 0 Å². The Bertz CT molecular complexity index is 325. The van der Waals surface area contributed by atoms with E-state index < -0.39 is 0 Å². The van der Waals surface area contributed by atoms with Crippen molar-refractivity contribution in [2.75, 3.05) is 0 Å². The van der Waals surface area contributed by atoms with Crippen LogP contribution < -0.4 is 9.27 Å². The first-order valence-electron chi connectivity index (χ1n) is 8.35. The van der Waals surface area contributed by atoms with Crippen molar-refractivity contribution in [2.24, 2.45) is 0 Å². The molecular weight excluding hydrogens is 249 g/mol. The average Bonchev–Trinajstić information content (AvgIpc) is 2.44. The summed E-state index contributed by atoms with van der Waals surface area (Å²) in [7, 11) is 0. The Balaban J connectivity index is 0.00000361. The van der Waals surface area contributed by atoms with Gasteiger partial charge in [0.1, 0.15) is 6.54 Å². The summed E-state index contributed by atoms with van der Waals surface area (Å²) in [5, 5.41) is 0. The van der Waals surface area contributed by atoms with Crippen LogP contribution in [0.1, 0.15) is 77.3 Å². The number of rotatable bonds is 11. The van der Waals surface area contributed by atoms with Gasteiger partial charge >= 0.3 is 0 Å². The molecule has 0 radical (unpaired) electrons. The zero-order chi connectivity index (χ0) is 13.8. The molecule has 0 amide bonds. The van der Waals surface area contributed by atoms with Crippen LogP contribution in [0.15, 0.2) is 24.4 Å². The maximum absolute atomic E-state index is 2.45. The smallest absolute Gasteiger partial charge is 0.181 e. The SMILES string of the molecule is CCCCCCCCCC[n+]1ccccc1CCC.[F-]. The molecule has 0 unspecified atom stereocenters. The summed E-state index contributed by atoms with van der Waals surface area (Å²) < 4.78 is 2.45. The van der Waals surface area contributed by atoms with Crippen molar-refractivity contribution in [3.63, 3.8) is 0 Å². The van der Waals surface area contributed by atoms with Gasteiger partial charge in [-0.2, -0.15) is 0 Å². The lowest BCUT2D eigenvalue weighted by molar-refractivity contribution is -0.704. The van der Waals surface area contributed by atoms with Gasteiger partial charge in [0, 0.05) is 25.0 Å². The molecule has 0 bridgehead atoms. The lowest BCUT2D eigenvalue weighted by atomic mass is 10.1. The zero-order valence-electron chi connectivity index (χ0n) is 13.4. The second kappa shape index (κ2) is 13.1. The van der Waals surface area contributed by atoms with Crippen LogP contribution in [0.3, 0.4) is 0 Å². The first kappa shape index (κ1) is 19.1. The minimum Gasteiger partial charge on any atom is -1.00 e. The third-order valence-corrected chi connectivity index (χ3v) is 3.79. The Morgan fingerprint density at radius 3 is 2.10 bits per heavy atom. The number of nitrogens with zero attached hydrogens (tertiary/aromatic N) is 1. The molecule has 0 saturated heterocycles. The highest BCUT2D eigenvalue weighted by Gasteiger charge is 2.07. The normalized spacial score (nSPS) is 10.3. The van der Waals surface area contributed by atoms with Crippen LogP contribution in [-0.4, -0.2) is 0 Å². The van der Waals surface area contributed by atoms with Gasteiger partial charge in [-0.25, -0.2) is 4.57 Å². The number of unbranched alkanes of at least 4 members (excludes halogenated alkanes) is 7. The summed E-state index contributed by atoms with van der Waals surface area (Å²) in [6.07, 6.45) is 15.9. The van der Waals surface area contributed by atoms with E-state index in [0.29, 0.717) is 0 Å². The maximum Gasteiger partial charge on any atom is 0.181 e. The van der Waals surface area contributed by atoms with Gasteiger partial charge in [0.25, 0.3) is 0 Å². The van der Waals surface area contributed by atoms with Crippen LogP contribution in [0.4, 0.5) is 0 Å². The van der Waals surface area contributed by atoms with Gasteiger partial charge in [-0.05, 0) is 12.8 Å². The van der Waals surface area contributed by atoms with Gasteiger partial charge in [-0.3, -0.25) is 0 Å². The van der Waals surface area contributed by atoms with E-state index in [4.69, 9.17) is 0 Å². The van der Waals surface area contributed by atoms with Gasteiger partial charge in [-0.15, -0.1) is 0 Å². The highest BCUT2D eigenvalue weighted by atomic mass is 19.0. The zero-order valence-corrected chi connectivity index (χ0v) is 13.4. The standard InChI is InChI=1S/C18H32N.FH/c1-3-5-6-7-8-9-10-12-16-19-17-13-11-15-18(19)14-4-2;/h11,13,15,17H,3-10,12,14,16H2,1-2H3;1H/q+1;/p-1. The number of aromatic nitrogens is 1. The molecular formula is C18H32FN. The Kier molecular flexibility index (Phi) is 12.5. The van der Waals surface area contributed by atoms with Gasteiger partial charge in [-0.1, -0.05) is 58.4 Å². The molecule has 1 nitrogen and oxygen atoms in total. The third-order valence-electron chi connectivity index (χ3n) is 3.79. The number of hydrogen-bond acceptors (Lipinski definition) is 0. The van der Waals surface area contributed by atoms with Crippen LogP contribution in [0.25, 0.3) is 0 Å².